The first kappa shape index (κ1) is 12.6. The van der Waals surface area contributed by atoms with Crippen molar-refractivity contribution in [1.29, 1.82) is 0 Å². The zero-order valence-electron chi connectivity index (χ0n) is 11.6. The molecule has 0 aliphatic carbocycles. The number of para-hydroxylation sites is 1. The number of ether oxygens (including phenoxy) is 1. The zero-order valence-corrected chi connectivity index (χ0v) is 11.6. The van der Waals surface area contributed by atoms with Gasteiger partial charge in [0.25, 0.3) is 0 Å². The van der Waals surface area contributed by atoms with E-state index in [0.717, 1.165) is 17.1 Å². The maximum Gasteiger partial charge on any atom is 0.161 e. The highest BCUT2D eigenvalue weighted by atomic mass is 16.5. The molecule has 4 heteroatoms. The van der Waals surface area contributed by atoms with Crippen molar-refractivity contribution in [3.8, 4) is 17.1 Å². The van der Waals surface area contributed by atoms with Gasteiger partial charge in [0, 0.05) is 12.6 Å². The first-order valence-electron chi connectivity index (χ1n) is 5.97. The van der Waals surface area contributed by atoms with Gasteiger partial charge >= 0.3 is 0 Å². The number of aryl methyl sites for hydroxylation is 1. The Balaban J connectivity index is 2.67. The summed E-state index contributed by atoms with van der Waals surface area (Å²) in [6.45, 7) is 6.52. The highest BCUT2D eigenvalue weighted by Crippen LogP contribution is 2.37. The summed E-state index contributed by atoms with van der Waals surface area (Å²) in [5.41, 5.74) is 2.18. The minimum atomic E-state index is 0.0277. The normalized spacial score (nSPS) is 11.6. The molecule has 1 heterocycles. The van der Waals surface area contributed by atoms with Crippen molar-refractivity contribution >= 4 is 0 Å². The van der Waals surface area contributed by atoms with Gasteiger partial charge in [-0.25, -0.2) is 9.67 Å². The second kappa shape index (κ2) is 4.44. The van der Waals surface area contributed by atoms with Crippen molar-refractivity contribution < 1.29 is 4.74 Å². The highest BCUT2D eigenvalue weighted by molar-refractivity contribution is 5.67. The largest absolute Gasteiger partial charge is 0.496 e. The third-order valence-electron chi connectivity index (χ3n) is 2.98. The Hall–Kier alpha value is -1.84. The molecule has 4 nitrogen and oxygen atoms in total. The molecule has 0 amide bonds. The number of nitrogens with zero attached hydrogens (tertiary/aromatic N) is 3. The Morgan fingerprint density at radius 2 is 1.94 bits per heavy atom. The fourth-order valence-corrected chi connectivity index (χ4v) is 2.06. The average Bonchev–Trinajstić information content (AvgIpc) is 2.73. The maximum absolute atomic E-state index is 5.60. The maximum atomic E-state index is 5.60. The number of benzene rings is 1. The molecule has 0 aliphatic heterocycles. The molecule has 0 bridgehead atoms. The van der Waals surface area contributed by atoms with Crippen LogP contribution in [0.3, 0.4) is 0 Å². The predicted octanol–water partition coefficient (Wildman–Crippen LogP) is 2.79. The summed E-state index contributed by atoms with van der Waals surface area (Å²) in [5, 5.41) is 4.11. The number of aromatic nitrogens is 3. The summed E-state index contributed by atoms with van der Waals surface area (Å²) in [6.07, 6.45) is 1.55. The summed E-state index contributed by atoms with van der Waals surface area (Å²) in [4.78, 5) is 4.29. The van der Waals surface area contributed by atoms with E-state index in [9.17, 15) is 0 Å². The van der Waals surface area contributed by atoms with E-state index in [0.29, 0.717) is 0 Å². The van der Waals surface area contributed by atoms with Gasteiger partial charge < -0.3 is 4.74 Å². The SMILES string of the molecule is COc1c(-c2ncnn2C)cccc1C(C)(C)C. The van der Waals surface area contributed by atoms with Crippen molar-refractivity contribution in [2.24, 2.45) is 7.05 Å². The van der Waals surface area contributed by atoms with Crippen molar-refractivity contribution in [3.05, 3.63) is 30.1 Å². The molecule has 1 aromatic heterocycles. The Kier molecular flexibility index (Phi) is 3.11. The number of rotatable bonds is 2. The molecule has 18 heavy (non-hydrogen) atoms. The van der Waals surface area contributed by atoms with Crippen molar-refractivity contribution in [2.75, 3.05) is 7.11 Å². The van der Waals surface area contributed by atoms with Gasteiger partial charge in [-0.1, -0.05) is 32.9 Å². The van der Waals surface area contributed by atoms with Gasteiger partial charge in [-0.3, -0.25) is 0 Å². The molecule has 0 unspecified atom stereocenters. The molecule has 0 saturated carbocycles. The summed E-state index contributed by atoms with van der Waals surface area (Å²) >= 11 is 0. The monoisotopic (exact) mass is 245 g/mol. The van der Waals surface area contributed by atoms with Crippen molar-refractivity contribution in [2.45, 2.75) is 26.2 Å². The van der Waals surface area contributed by atoms with Gasteiger partial charge in [-0.2, -0.15) is 5.10 Å². The summed E-state index contributed by atoms with van der Waals surface area (Å²) in [6, 6.07) is 6.14. The van der Waals surface area contributed by atoms with Crippen molar-refractivity contribution in [3.63, 3.8) is 0 Å². The summed E-state index contributed by atoms with van der Waals surface area (Å²) in [5.74, 6) is 1.69. The molecule has 0 N–H and O–H groups in total. The lowest BCUT2D eigenvalue weighted by Gasteiger charge is -2.23. The van der Waals surface area contributed by atoms with Crippen LogP contribution in [0.2, 0.25) is 0 Å². The average molecular weight is 245 g/mol. The van der Waals surface area contributed by atoms with E-state index in [4.69, 9.17) is 4.74 Å². The number of hydrogen-bond acceptors (Lipinski definition) is 3. The lowest BCUT2D eigenvalue weighted by molar-refractivity contribution is 0.398. The minimum Gasteiger partial charge on any atom is -0.496 e. The van der Waals surface area contributed by atoms with Gasteiger partial charge in [0.05, 0.1) is 12.7 Å². The minimum absolute atomic E-state index is 0.0277. The van der Waals surface area contributed by atoms with Crippen LogP contribution in [-0.4, -0.2) is 21.9 Å². The Morgan fingerprint density at radius 1 is 1.22 bits per heavy atom. The fourth-order valence-electron chi connectivity index (χ4n) is 2.06. The number of hydrogen-bond donors (Lipinski definition) is 0. The van der Waals surface area contributed by atoms with Gasteiger partial charge in [-0.05, 0) is 11.5 Å². The predicted molar refractivity (Wildman–Crippen MR) is 71.7 cm³/mol. The van der Waals surface area contributed by atoms with Crippen LogP contribution in [-0.2, 0) is 12.5 Å². The molecule has 0 saturated heterocycles. The summed E-state index contributed by atoms with van der Waals surface area (Å²) < 4.78 is 7.35. The van der Waals surface area contributed by atoms with Gasteiger partial charge in [-0.15, -0.1) is 0 Å². The molecule has 2 aromatic rings. The molecule has 2 rings (SSSR count). The van der Waals surface area contributed by atoms with Crippen LogP contribution in [0.1, 0.15) is 26.3 Å². The van der Waals surface area contributed by atoms with Crippen LogP contribution >= 0.6 is 0 Å². The molecule has 0 fully saturated rings. The van der Waals surface area contributed by atoms with E-state index in [1.807, 2.05) is 19.2 Å². The highest BCUT2D eigenvalue weighted by Gasteiger charge is 2.22. The quantitative estimate of drug-likeness (QED) is 0.816. The summed E-state index contributed by atoms with van der Waals surface area (Å²) in [7, 11) is 3.58. The van der Waals surface area contributed by atoms with E-state index >= 15 is 0 Å². The second-order valence-electron chi connectivity index (χ2n) is 5.34. The third kappa shape index (κ3) is 2.10. The van der Waals surface area contributed by atoms with Crippen molar-refractivity contribution in [1.82, 2.24) is 14.8 Å². The van der Waals surface area contributed by atoms with E-state index < -0.39 is 0 Å². The van der Waals surface area contributed by atoms with E-state index in [1.54, 1.807) is 18.1 Å². The second-order valence-corrected chi connectivity index (χ2v) is 5.34. The standard InChI is InChI=1S/C14H19N3O/c1-14(2,3)11-8-6-7-10(12(11)18-5)13-15-9-16-17(13)4/h6-9H,1-5H3. The molecule has 0 spiro atoms. The molecular formula is C14H19N3O. The van der Waals surface area contributed by atoms with E-state index in [-0.39, 0.29) is 5.41 Å². The molecule has 0 aliphatic rings. The smallest absolute Gasteiger partial charge is 0.161 e. The van der Waals surface area contributed by atoms with Crippen LogP contribution < -0.4 is 4.74 Å². The topological polar surface area (TPSA) is 39.9 Å². The van der Waals surface area contributed by atoms with Crippen LogP contribution in [0.4, 0.5) is 0 Å². The number of methoxy groups -OCH3 is 1. The van der Waals surface area contributed by atoms with Crippen LogP contribution in [0, 0.1) is 0 Å². The first-order chi connectivity index (χ1) is 8.45. The zero-order chi connectivity index (χ0) is 13.3. The molecule has 1 aromatic carbocycles. The Bertz CT molecular complexity index is 552. The van der Waals surface area contributed by atoms with Gasteiger partial charge in [0.2, 0.25) is 0 Å². The van der Waals surface area contributed by atoms with E-state index in [2.05, 4.69) is 36.9 Å². The Morgan fingerprint density at radius 3 is 2.44 bits per heavy atom. The molecule has 96 valence electrons. The lowest BCUT2D eigenvalue weighted by Crippen LogP contribution is -2.13. The van der Waals surface area contributed by atoms with Crippen LogP contribution in [0.15, 0.2) is 24.5 Å². The van der Waals surface area contributed by atoms with E-state index in [1.165, 1.54) is 5.56 Å². The van der Waals surface area contributed by atoms with Crippen LogP contribution in [0.5, 0.6) is 5.75 Å². The Labute approximate surface area is 108 Å². The van der Waals surface area contributed by atoms with Gasteiger partial charge in [0.15, 0.2) is 5.82 Å². The molecular weight excluding hydrogens is 226 g/mol. The molecule has 0 radical (unpaired) electrons. The molecule has 0 atom stereocenters. The third-order valence-corrected chi connectivity index (χ3v) is 2.98. The fraction of sp³-hybridized carbons (Fsp3) is 0.429. The van der Waals surface area contributed by atoms with Gasteiger partial charge in [0.1, 0.15) is 12.1 Å². The lowest BCUT2D eigenvalue weighted by atomic mass is 9.85. The first-order valence-corrected chi connectivity index (χ1v) is 5.97. The van der Waals surface area contributed by atoms with Crippen LogP contribution in [0.25, 0.3) is 11.4 Å².